The van der Waals surface area contributed by atoms with Crippen LogP contribution in [-0.2, 0) is 16.1 Å². The standard InChI is InChI=1S/C24H28Cl2N2O3/c1-16-13-21(11-12-22(16)26)31-15-23(29)28(14-18-7-9-19(25)10-8-18)17(2)24(30)27-20-5-3-4-6-20/h7-13,17,20H,3-6,14-15H2,1-2H3,(H,27,30)/t17-/m0/s1. The topological polar surface area (TPSA) is 58.6 Å². The lowest BCUT2D eigenvalue weighted by molar-refractivity contribution is -0.142. The zero-order chi connectivity index (χ0) is 22.4. The Morgan fingerprint density at radius 3 is 2.45 bits per heavy atom. The van der Waals surface area contributed by atoms with E-state index in [1.807, 2.05) is 19.1 Å². The lowest BCUT2D eigenvalue weighted by atomic mass is 10.1. The third kappa shape index (κ3) is 6.62. The summed E-state index contributed by atoms with van der Waals surface area (Å²) in [5.74, 6) is 0.151. The predicted molar refractivity (Wildman–Crippen MR) is 124 cm³/mol. The maximum absolute atomic E-state index is 13.1. The molecule has 0 saturated heterocycles. The summed E-state index contributed by atoms with van der Waals surface area (Å²) < 4.78 is 5.70. The molecular formula is C24H28Cl2N2O3. The van der Waals surface area contributed by atoms with Crippen molar-refractivity contribution in [3.05, 3.63) is 63.6 Å². The van der Waals surface area contributed by atoms with Crippen LogP contribution in [-0.4, -0.2) is 35.4 Å². The summed E-state index contributed by atoms with van der Waals surface area (Å²) in [6, 6.07) is 12.1. The Labute approximate surface area is 193 Å². The molecule has 1 aliphatic carbocycles. The fourth-order valence-electron chi connectivity index (χ4n) is 3.70. The second kappa shape index (κ2) is 10.9. The van der Waals surface area contributed by atoms with Gasteiger partial charge in [0.2, 0.25) is 5.91 Å². The molecule has 0 aliphatic heterocycles. The third-order valence-corrected chi connectivity index (χ3v) is 6.30. The van der Waals surface area contributed by atoms with Gasteiger partial charge in [-0.15, -0.1) is 0 Å². The summed E-state index contributed by atoms with van der Waals surface area (Å²) in [6.45, 7) is 3.75. The highest BCUT2D eigenvalue weighted by Crippen LogP contribution is 2.22. The van der Waals surface area contributed by atoms with Gasteiger partial charge in [0.1, 0.15) is 11.8 Å². The first-order chi connectivity index (χ1) is 14.8. The van der Waals surface area contributed by atoms with Crippen LogP contribution in [0.15, 0.2) is 42.5 Å². The SMILES string of the molecule is Cc1cc(OCC(=O)N(Cc2ccc(Cl)cc2)[C@@H](C)C(=O)NC2CCCC2)ccc1Cl. The number of hydrogen-bond acceptors (Lipinski definition) is 3. The molecule has 31 heavy (non-hydrogen) atoms. The van der Waals surface area contributed by atoms with Crippen molar-refractivity contribution in [3.63, 3.8) is 0 Å². The lowest BCUT2D eigenvalue weighted by Gasteiger charge is -2.29. The fourth-order valence-corrected chi connectivity index (χ4v) is 3.94. The van der Waals surface area contributed by atoms with Crippen molar-refractivity contribution in [1.29, 1.82) is 0 Å². The average Bonchev–Trinajstić information content (AvgIpc) is 3.26. The molecule has 0 spiro atoms. The zero-order valence-corrected chi connectivity index (χ0v) is 19.4. The molecule has 7 heteroatoms. The second-order valence-corrected chi connectivity index (χ2v) is 8.86. The minimum atomic E-state index is -0.626. The number of halogens is 2. The van der Waals surface area contributed by atoms with Crippen LogP contribution >= 0.6 is 23.2 Å². The maximum Gasteiger partial charge on any atom is 0.261 e. The molecule has 5 nitrogen and oxygen atoms in total. The van der Waals surface area contributed by atoms with Crippen molar-refractivity contribution in [2.24, 2.45) is 0 Å². The number of rotatable bonds is 8. The van der Waals surface area contributed by atoms with Gasteiger partial charge < -0.3 is 15.0 Å². The third-order valence-electron chi connectivity index (χ3n) is 5.63. The lowest BCUT2D eigenvalue weighted by Crippen LogP contribution is -2.50. The number of amides is 2. The largest absolute Gasteiger partial charge is 0.484 e. The van der Waals surface area contributed by atoms with E-state index in [-0.39, 0.29) is 31.0 Å². The molecule has 1 saturated carbocycles. The molecule has 1 fully saturated rings. The quantitative estimate of drug-likeness (QED) is 0.589. The number of ether oxygens (including phenoxy) is 1. The molecule has 2 amide bonds. The van der Waals surface area contributed by atoms with Crippen molar-refractivity contribution in [1.82, 2.24) is 10.2 Å². The van der Waals surface area contributed by atoms with Crippen LogP contribution in [0.3, 0.4) is 0 Å². The van der Waals surface area contributed by atoms with E-state index in [0.717, 1.165) is 36.8 Å². The summed E-state index contributed by atoms with van der Waals surface area (Å²) >= 11 is 12.0. The molecule has 1 atom stereocenters. The highest BCUT2D eigenvalue weighted by molar-refractivity contribution is 6.31. The van der Waals surface area contributed by atoms with Gasteiger partial charge in [0, 0.05) is 22.6 Å². The van der Waals surface area contributed by atoms with Gasteiger partial charge in [0.25, 0.3) is 5.91 Å². The van der Waals surface area contributed by atoms with Gasteiger partial charge in [-0.25, -0.2) is 0 Å². The van der Waals surface area contributed by atoms with Gasteiger partial charge in [0.15, 0.2) is 6.61 Å². The molecular weight excluding hydrogens is 435 g/mol. The summed E-state index contributed by atoms with van der Waals surface area (Å²) in [4.78, 5) is 27.5. The average molecular weight is 463 g/mol. The van der Waals surface area contributed by atoms with E-state index in [0.29, 0.717) is 15.8 Å². The van der Waals surface area contributed by atoms with Gasteiger partial charge in [-0.2, -0.15) is 0 Å². The van der Waals surface area contributed by atoms with Crippen LogP contribution < -0.4 is 10.1 Å². The Morgan fingerprint density at radius 1 is 1.13 bits per heavy atom. The first kappa shape index (κ1) is 23.4. The Balaban J connectivity index is 1.71. The number of benzene rings is 2. The van der Waals surface area contributed by atoms with E-state index in [2.05, 4.69) is 5.32 Å². The first-order valence-corrected chi connectivity index (χ1v) is 11.3. The van der Waals surface area contributed by atoms with E-state index < -0.39 is 6.04 Å². The number of aryl methyl sites for hydroxylation is 1. The number of carbonyl (C=O) groups excluding carboxylic acids is 2. The summed E-state index contributed by atoms with van der Waals surface area (Å²) in [7, 11) is 0. The Kier molecular flexibility index (Phi) is 8.22. The van der Waals surface area contributed by atoms with Crippen molar-refractivity contribution in [3.8, 4) is 5.75 Å². The van der Waals surface area contributed by atoms with E-state index in [1.54, 1.807) is 42.2 Å². The van der Waals surface area contributed by atoms with Crippen molar-refractivity contribution in [2.75, 3.05) is 6.61 Å². The summed E-state index contributed by atoms with van der Waals surface area (Å²) in [5.41, 5.74) is 1.76. The van der Waals surface area contributed by atoms with Gasteiger partial charge in [-0.05, 0) is 68.1 Å². The normalized spacial score (nSPS) is 14.8. The van der Waals surface area contributed by atoms with Gasteiger partial charge in [0.05, 0.1) is 0 Å². The molecule has 0 bridgehead atoms. The van der Waals surface area contributed by atoms with Crippen molar-refractivity contribution < 1.29 is 14.3 Å². The van der Waals surface area contributed by atoms with Gasteiger partial charge in [-0.3, -0.25) is 9.59 Å². The molecule has 166 valence electrons. The Morgan fingerprint density at radius 2 is 1.81 bits per heavy atom. The van der Waals surface area contributed by atoms with E-state index in [4.69, 9.17) is 27.9 Å². The van der Waals surface area contributed by atoms with Crippen LogP contribution in [0.4, 0.5) is 0 Å². The zero-order valence-electron chi connectivity index (χ0n) is 17.9. The smallest absolute Gasteiger partial charge is 0.261 e. The molecule has 2 aromatic carbocycles. The fraction of sp³-hybridized carbons (Fsp3) is 0.417. The second-order valence-electron chi connectivity index (χ2n) is 8.01. The van der Waals surface area contributed by atoms with Crippen LogP contribution in [0.1, 0.15) is 43.7 Å². The number of carbonyl (C=O) groups is 2. The Bertz CT molecular complexity index is 912. The minimum Gasteiger partial charge on any atom is -0.484 e. The van der Waals surface area contributed by atoms with E-state index >= 15 is 0 Å². The monoisotopic (exact) mass is 462 g/mol. The van der Waals surface area contributed by atoms with E-state index in [9.17, 15) is 9.59 Å². The maximum atomic E-state index is 13.1. The van der Waals surface area contributed by atoms with Crippen LogP contribution in [0, 0.1) is 6.92 Å². The minimum absolute atomic E-state index is 0.142. The van der Waals surface area contributed by atoms with Crippen LogP contribution in [0.5, 0.6) is 5.75 Å². The molecule has 1 N–H and O–H groups in total. The molecule has 0 unspecified atom stereocenters. The molecule has 0 radical (unpaired) electrons. The molecule has 0 heterocycles. The van der Waals surface area contributed by atoms with Crippen LogP contribution in [0.2, 0.25) is 10.0 Å². The number of nitrogens with zero attached hydrogens (tertiary/aromatic N) is 1. The first-order valence-electron chi connectivity index (χ1n) is 10.6. The molecule has 0 aromatic heterocycles. The van der Waals surface area contributed by atoms with Crippen molar-refractivity contribution in [2.45, 2.75) is 58.2 Å². The molecule has 3 rings (SSSR count). The predicted octanol–water partition coefficient (Wildman–Crippen LogP) is 5.16. The summed E-state index contributed by atoms with van der Waals surface area (Å²) in [6.07, 6.45) is 4.23. The van der Waals surface area contributed by atoms with Gasteiger partial charge in [-0.1, -0.05) is 48.2 Å². The van der Waals surface area contributed by atoms with Crippen molar-refractivity contribution >= 4 is 35.0 Å². The van der Waals surface area contributed by atoms with E-state index in [1.165, 1.54) is 0 Å². The van der Waals surface area contributed by atoms with Crippen LogP contribution in [0.25, 0.3) is 0 Å². The van der Waals surface area contributed by atoms with Gasteiger partial charge >= 0.3 is 0 Å². The molecule has 2 aromatic rings. The molecule has 1 aliphatic rings. The number of nitrogens with one attached hydrogen (secondary N) is 1. The Hall–Kier alpha value is -2.24. The highest BCUT2D eigenvalue weighted by Gasteiger charge is 2.28. The number of hydrogen-bond donors (Lipinski definition) is 1. The highest BCUT2D eigenvalue weighted by atomic mass is 35.5. The summed E-state index contributed by atoms with van der Waals surface area (Å²) in [5, 5.41) is 4.35.